The van der Waals surface area contributed by atoms with Gasteiger partial charge in [0, 0.05) is 35.7 Å². The second kappa shape index (κ2) is 13.3. The molecule has 0 spiro atoms. The van der Waals surface area contributed by atoms with Gasteiger partial charge in [-0.15, -0.1) is 0 Å². The fraction of sp³-hybridized carbons (Fsp3) is 0.391. The van der Waals surface area contributed by atoms with E-state index in [4.69, 9.17) is 31.4 Å². The van der Waals surface area contributed by atoms with Crippen LogP contribution in [0.25, 0.3) is 0 Å². The van der Waals surface area contributed by atoms with Crippen molar-refractivity contribution >= 4 is 41.0 Å². The SMILES string of the molecule is CSCCC1c2cc([N+](=O)[O-])ccc2CC[C@@H]1NC[C@H](O)c1cccc(Cl)c1.O=C(O)C(=O)O. The number of fused-ring (bicyclic) bond motifs is 1. The summed E-state index contributed by atoms with van der Waals surface area (Å²) in [6.45, 7) is 0.422. The molecule has 3 atom stereocenters. The van der Waals surface area contributed by atoms with Crippen LogP contribution < -0.4 is 5.32 Å². The van der Waals surface area contributed by atoms with Crippen LogP contribution in [-0.4, -0.2) is 56.8 Å². The van der Waals surface area contributed by atoms with Gasteiger partial charge in [0.2, 0.25) is 0 Å². The van der Waals surface area contributed by atoms with Crippen LogP contribution >= 0.6 is 23.4 Å². The number of carboxylic acid groups (broad SMARTS) is 2. The Labute approximate surface area is 206 Å². The number of aliphatic carboxylic acids is 2. The number of aryl methyl sites for hydroxylation is 1. The highest BCUT2D eigenvalue weighted by molar-refractivity contribution is 7.98. The Balaban J connectivity index is 0.000000604. The van der Waals surface area contributed by atoms with E-state index in [0.29, 0.717) is 11.6 Å². The summed E-state index contributed by atoms with van der Waals surface area (Å²) in [5.41, 5.74) is 3.20. The largest absolute Gasteiger partial charge is 0.473 e. The minimum atomic E-state index is -1.82. The van der Waals surface area contributed by atoms with Crippen molar-refractivity contribution in [2.45, 2.75) is 37.3 Å². The standard InChI is InChI=1S/C21H25ClN2O3S.C2H2O4/c1-28-10-9-18-19-12-17(24(26)27)7-5-14(19)6-8-20(18)23-13-21(25)15-3-2-4-16(22)11-15;3-1(4)2(5)6/h2-5,7,11-12,18,20-21,23,25H,6,8-10,13H2,1H3;(H,3,4)(H,5,6)/t18?,20-,21-;/m0./s1. The molecule has 4 N–H and O–H groups in total. The molecular weight excluding hydrogens is 484 g/mol. The molecule has 1 aliphatic rings. The predicted octanol–water partition coefficient (Wildman–Crippen LogP) is 3.88. The van der Waals surface area contributed by atoms with Gasteiger partial charge >= 0.3 is 11.9 Å². The van der Waals surface area contributed by atoms with Crippen molar-refractivity contribution in [1.82, 2.24) is 5.32 Å². The van der Waals surface area contributed by atoms with Crippen LogP contribution in [0, 0.1) is 10.1 Å². The van der Waals surface area contributed by atoms with Crippen molar-refractivity contribution in [1.29, 1.82) is 0 Å². The third kappa shape index (κ3) is 7.98. The average Bonchev–Trinajstić information content (AvgIpc) is 2.81. The summed E-state index contributed by atoms with van der Waals surface area (Å²) < 4.78 is 0. The third-order valence-corrected chi connectivity index (χ3v) is 6.45. The first-order valence-electron chi connectivity index (χ1n) is 10.5. The summed E-state index contributed by atoms with van der Waals surface area (Å²) in [5.74, 6) is -2.46. The number of hydrogen-bond acceptors (Lipinski definition) is 7. The topological polar surface area (TPSA) is 150 Å². The number of nitrogens with zero attached hydrogens (tertiary/aromatic N) is 1. The first-order valence-corrected chi connectivity index (χ1v) is 12.3. The second-order valence-electron chi connectivity index (χ2n) is 7.76. The van der Waals surface area contributed by atoms with Crippen LogP contribution in [0.1, 0.15) is 41.6 Å². The number of thioether (sulfide) groups is 1. The highest BCUT2D eigenvalue weighted by Gasteiger charge is 2.30. The maximum atomic E-state index is 11.2. The number of hydrogen-bond donors (Lipinski definition) is 4. The maximum Gasteiger partial charge on any atom is 0.414 e. The van der Waals surface area contributed by atoms with Gasteiger partial charge in [-0.3, -0.25) is 10.1 Å². The first kappa shape index (κ1) is 27.6. The molecule has 0 radical (unpaired) electrons. The Bertz CT molecular complexity index is 1010. The molecule has 2 aromatic carbocycles. The van der Waals surface area contributed by atoms with Gasteiger partial charge in [0.05, 0.1) is 11.0 Å². The molecule has 9 nitrogen and oxygen atoms in total. The molecule has 0 bridgehead atoms. The van der Waals surface area contributed by atoms with E-state index in [0.717, 1.165) is 36.1 Å². The zero-order valence-electron chi connectivity index (χ0n) is 18.5. The van der Waals surface area contributed by atoms with Gasteiger partial charge in [-0.25, -0.2) is 9.59 Å². The first-order chi connectivity index (χ1) is 16.1. The number of non-ortho nitro benzene ring substituents is 1. The number of carboxylic acids is 2. The zero-order valence-corrected chi connectivity index (χ0v) is 20.1. The lowest BCUT2D eigenvalue weighted by Gasteiger charge is -2.35. The molecule has 0 saturated heterocycles. The number of aliphatic hydroxyl groups excluding tert-OH is 1. The van der Waals surface area contributed by atoms with Gasteiger partial charge in [-0.1, -0.05) is 29.8 Å². The second-order valence-corrected chi connectivity index (χ2v) is 9.18. The highest BCUT2D eigenvalue weighted by atomic mass is 35.5. The van der Waals surface area contributed by atoms with E-state index in [1.807, 2.05) is 18.2 Å². The van der Waals surface area contributed by atoms with E-state index < -0.39 is 18.0 Å². The summed E-state index contributed by atoms with van der Waals surface area (Å²) >= 11 is 7.81. The average molecular weight is 511 g/mol. The number of halogens is 1. The minimum absolute atomic E-state index is 0.146. The molecular formula is C23H27ClN2O7S. The number of nitro benzene ring substituents is 1. The molecule has 0 saturated carbocycles. The van der Waals surface area contributed by atoms with Gasteiger partial charge in [0.15, 0.2) is 0 Å². The van der Waals surface area contributed by atoms with E-state index in [-0.39, 0.29) is 22.6 Å². The molecule has 0 aliphatic heterocycles. The predicted molar refractivity (Wildman–Crippen MR) is 131 cm³/mol. The minimum Gasteiger partial charge on any atom is -0.473 e. The smallest absolute Gasteiger partial charge is 0.414 e. The molecule has 3 rings (SSSR count). The summed E-state index contributed by atoms with van der Waals surface area (Å²) in [7, 11) is 0. The van der Waals surface area contributed by atoms with Crippen molar-refractivity contribution in [2.24, 2.45) is 0 Å². The fourth-order valence-corrected chi connectivity index (χ4v) is 4.63. The van der Waals surface area contributed by atoms with E-state index in [1.165, 1.54) is 5.56 Å². The lowest BCUT2D eigenvalue weighted by atomic mass is 9.77. The van der Waals surface area contributed by atoms with Crippen LogP contribution in [0.15, 0.2) is 42.5 Å². The number of nitrogens with one attached hydrogen (secondary N) is 1. The molecule has 0 fully saturated rings. The monoisotopic (exact) mass is 510 g/mol. The molecule has 1 unspecified atom stereocenters. The molecule has 1 aliphatic carbocycles. The van der Waals surface area contributed by atoms with E-state index in [1.54, 1.807) is 36.0 Å². The summed E-state index contributed by atoms with van der Waals surface area (Å²) in [6, 6.07) is 12.7. The van der Waals surface area contributed by atoms with Crippen LogP contribution in [0.3, 0.4) is 0 Å². The Kier molecular flexibility index (Phi) is 10.8. The molecule has 34 heavy (non-hydrogen) atoms. The highest BCUT2D eigenvalue weighted by Crippen LogP contribution is 2.37. The van der Waals surface area contributed by atoms with Gasteiger partial charge in [0.1, 0.15) is 0 Å². The molecule has 2 aromatic rings. The van der Waals surface area contributed by atoms with Gasteiger partial charge in [0.25, 0.3) is 5.69 Å². The molecule has 184 valence electrons. The van der Waals surface area contributed by atoms with Crippen LogP contribution in [0.4, 0.5) is 5.69 Å². The zero-order chi connectivity index (χ0) is 25.3. The van der Waals surface area contributed by atoms with E-state index in [2.05, 4.69) is 11.6 Å². The van der Waals surface area contributed by atoms with Gasteiger partial charge in [-0.05, 0) is 60.1 Å². The number of carbonyl (C=O) groups is 2. The lowest BCUT2D eigenvalue weighted by molar-refractivity contribution is -0.385. The summed E-state index contributed by atoms with van der Waals surface area (Å²) in [6.07, 6.45) is 4.20. The third-order valence-electron chi connectivity index (χ3n) is 5.57. The van der Waals surface area contributed by atoms with Crippen molar-refractivity contribution in [3.63, 3.8) is 0 Å². The number of benzene rings is 2. The Hall–Kier alpha value is -2.66. The van der Waals surface area contributed by atoms with Crippen LogP contribution in [0.5, 0.6) is 0 Å². The van der Waals surface area contributed by atoms with Crippen molar-refractivity contribution < 1.29 is 29.8 Å². The Morgan fingerprint density at radius 1 is 1.24 bits per heavy atom. The molecule has 0 heterocycles. The molecule has 11 heteroatoms. The lowest BCUT2D eigenvalue weighted by Crippen LogP contribution is -2.40. The number of rotatable bonds is 8. The Morgan fingerprint density at radius 3 is 2.53 bits per heavy atom. The summed E-state index contributed by atoms with van der Waals surface area (Å²) in [5, 5.41) is 40.7. The fourth-order valence-electron chi connectivity index (χ4n) is 3.94. The molecule has 0 aromatic heterocycles. The van der Waals surface area contributed by atoms with Crippen LogP contribution in [0.2, 0.25) is 5.02 Å². The van der Waals surface area contributed by atoms with Gasteiger partial charge < -0.3 is 20.6 Å². The van der Waals surface area contributed by atoms with Crippen LogP contribution in [-0.2, 0) is 16.0 Å². The Morgan fingerprint density at radius 2 is 1.94 bits per heavy atom. The normalized spacial score (nSPS) is 17.6. The van der Waals surface area contributed by atoms with Gasteiger partial charge in [-0.2, -0.15) is 11.8 Å². The van der Waals surface area contributed by atoms with E-state index in [9.17, 15) is 15.2 Å². The van der Waals surface area contributed by atoms with Crippen molar-refractivity contribution in [2.75, 3.05) is 18.6 Å². The quantitative estimate of drug-likeness (QED) is 0.235. The molecule has 0 amide bonds. The van der Waals surface area contributed by atoms with Crippen molar-refractivity contribution in [3.8, 4) is 0 Å². The van der Waals surface area contributed by atoms with Crippen molar-refractivity contribution in [3.05, 3.63) is 74.3 Å². The summed E-state index contributed by atoms with van der Waals surface area (Å²) in [4.78, 5) is 29.1. The number of nitro groups is 1. The number of aliphatic hydroxyl groups is 1. The maximum absolute atomic E-state index is 11.2. The van der Waals surface area contributed by atoms with E-state index >= 15 is 0 Å².